The Bertz CT molecular complexity index is 1770. The van der Waals surface area contributed by atoms with E-state index in [-0.39, 0.29) is 16.2 Å². The zero-order valence-electron chi connectivity index (χ0n) is 22.9. The molecule has 0 saturated carbocycles. The van der Waals surface area contributed by atoms with Crippen molar-refractivity contribution in [3.05, 3.63) is 84.4 Å². The molecule has 0 aliphatic carbocycles. The lowest BCUT2D eigenvalue weighted by molar-refractivity contribution is -0.117. The Morgan fingerprint density at radius 3 is 2.29 bits per heavy atom. The van der Waals surface area contributed by atoms with E-state index in [1.807, 2.05) is 47.2 Å². The predicted octanol–water partition coefficient (Wildman–Crippen LogP) is 4.86. The average Bonchev–Trinajstić information content (AvgIpc) is 2.99. The van der Waals surface area contributed by atoms with Gasteiger partial charge in [0.1, 0.15) is 11.1 Å². The number of aromatic nitrogens is 1. The fraction of sp³-hybridized carbons (Fsp3) is 0.133. The lowest BCUT2D eigenvalue weighted by atomic mass is 9.98. The quantitative estimate of drug-likeness (QED) is 0.243. The molecule has 42 heavy (non-hydrogen) atoms. The van der Waals surface area contributed by atoms with E-state index in [2.05, 4.69) is 11.4 Å². The molecule has 0 atom stereocenters. The number of amides is 2. The number of anilines is 1. The highest BCUT2D eigenvalue weighted by Gasteiger charge is 2.21. The number of sulfonamides is 1. The number of nitriles is 1. The molecule has 0 radical (unpaired) electrons. The van der Waals surface area contributed by atoms with E-state index in [1.165, 1.54) is 38.5 Å². The number of pyridine rings is 1. The number of carbonyl (C=O) groups excluding carboxylic acids is 2. The van der Waals surface area contributed by atoms with Crippen LogP contribution in [-0.4, -0.2) is 45.2 Å². The zero-order chi connectivity index (χ0) is 30.3. The molecule has 4 aromatic rings. The molecule has 1 aromatic heterocycles. The molecular formula is C30H26N4O6S2. The van der Waals surface area contributed by atoms with Gasteiger partial charge < -0.3 is 14.8 Å². The number of hydrogen-bond donors (Lipinski definition) is 2. The van der Waals surface area contributed by atoms with Crippen molar-refractivity contribution in [2.24, 2.45) is 0 Å². The molecule has 2 N–H and O–H groups in total. The second-order valence-electron chi connectivity index (χ2n) is 8.78. The standard InChI is InChI=1S/C30H26N4O6S2/c1-19(35)34-42(37,38)22-14-12-21(13-15-22)32-28(36)18-41-30-25(17-31)24(16-26(33-30)20-8-5-4-6-9-20)23-10-7-11-27(39-2)29(23)40-3/h4-16H,18H2,1-3H3,(H,32,36)(H,34,35). The summed E-state index contributed by atoms with van der Waals surface area (Å²) in [5, 5.41) is 13.3. The molecular weight excluding hydrogens is 576 g/mol. The number of ether oxygens (including phenoxy) is 2. The fourth-order valence-electron chi connectivity index (χ4n) is 4.10. The second kappa shape index (κ2) is 13.2. The predicted molar refractivity (Wildman–Crippen MR) is 160 cm³/mol. The molecule has 4 rings (SSSR count). The monoisotopic (exact) mass is 602 g/mol. The van der Waals surface area contributed by atoms with Gasteiger partial charge in [-0.05, 0) is 36.4 Å². The molecule has 0 aliphatic heterocycles. The molecule has 0 bridgehead atoms. The van der Waals surface area contributed by atoms with Crippen molar-refractivity contribution in [1.82, 2.24) is 9.71 Å². The largest absolute Gasteiger partial charge is 0.493 e. The maximum absolute atomic E-state index is 12.9. The van der Waals surface area contributed by atoms with Crippen molar-refractivity contribution >= 4 is 39.3 Å². The summed E-state index contributed by atoms with van der Waals surface area (Å²) in [6.45, 7) is 1.10. The van der Waals surface area contributed by atoms with Crippen molar-refractivity contribution in [2.75, 3.05) is 25.3 Å². The molecule has 1 heterocycles. The summed E-state index contributed by atoms with van der Waals surface area (Å²) in [5.74, 6) is -0.228. The normalized spacial score (nSPS) is 10.8. The second-order valence-corrected chi connectivity index (χ2v) is 11.4. The summed E-state index contributed by atoms with van der Waals surface area (Å²) >= 11 is 1.09. The van der Waals surface area contributed by atoms with Crippen molar-refractivity contribution in [3.63, 3.8) is 0 Å². The molecule has 12 heteroatoms. The number of hydrogen-bond acceptors (Lipinski definition) is 9. The van der Waals surface area contributed by atoms with Gasteiger partial charge in [-0.1, -0.05) is 54.2 Å². The molecule has 3 aromatic carbocycles. The minimum Gasteiger partial charge on any atom is -0.493 e. The van der Waals surface area contributed by atoms with Crippen LogP contribution in [0.1, 0.15) is 12.5 Å². The summed E-state index contributed by atoms with van der Waals surface area (Å²) in [4.78, 5) is 28.6. The average molecular weight is 603 g/mol. The molecule has 0 unspecified atom stereocenters. The van der Waals surface area contributed by atoms with E-state index in [0.717, 1.165) is 24.2 Å². The van der Waals surface area contributed by atoms with Crippen LogP contribution in [0.3, 0.4) is 0 Å². The van der Waals surface area contributed by atoms with Crippen molar-refractivity contribution < 1.29 is 27.5 Å². The third-order valence-electron chi connectivity index (χ3n) is 5.93. The van der Waals surface area contributed by atoms with Crippen LogP contribution in [0.15, 0.2) is 88.8 Å². The van der Waals surface area contributed by atoms with Gasteiger partial charge in [0.05, 0.1) is 36.1 Å². The molecule has 0 saturated heterocycles. The van der Waals surface area contributed by atoms with Crippen LogP contribution in [0.25, 0.3) is 22.4 Å². The van der Waals surface area contributed by atoms with Crippen LogP contribution in [-0.2, 0) is 19.6 Å². The van der Waals surface area contributed by atoms with Gasteiger partial charge in [-0.3, -0.25) is 9.59 Å². The van der Waals surface area contributed by atoms with Gasteiger partial charge in [0.2, 0.25) is 11.8 Å². The number of thioether (sulfide) groups is 1. The van der Waals surface area contributed by atoms with E-state index in [1.54, 1.807) is 12.1 Å². The lowest BCUT2D eigenvalue weighted by Gasteiger charge is -2.16. The number of carbonyl (C=O) groups is 2. The van der Waals surface area contributed by atoms with Gasteiger partial charge in [-0.15, -0.1) is 0 Å². The van der Waals surface area contributed by atoms with Crippen LogP contribution >= 0.6 is 11.8 Å². The first-order valence-corrected chi connectivity index (χ1v) is 14.9. The molecule has 0 fully saturated rings. The van der Waals surface area contributed by atoms with Crippen LogP contribution < -0.4 is 19.5 Å². The number of nitrogens with one attached hydrogen (secondary N) is 2. The topological polar surface area (TPSA) is 147 Å². The van der Waals surface area contributed by atoms with Crippen molar-refractivity contribution in [2.45, 2.75) is 16.8 Å². The van der Waals surface area contributed by atoms with Crippen LogP contribution in [0, 0.1) is 11.3 Å². The highest BCUT2D eigenvalue weighted by atomic mass is 32.2. The Morgan fingerprint density at radius 2 is 1.67 bits per heavy atom. The highest BCUT2D eigenvalue weighted by molar-refractivity contribution is 8.00. The van der Waals surface area contributed by atoms with Crippen LogP contribution in [0.4, 0.5) is 5.69 Å². The molecule has 214 valence electrons. The van der Waals surface area contributed by atoms with Crippen LogP contribution in [0.5, 0.6) is 11.5 Å². The van der Waals surface area contributed by atoms with Gasteiger partial charge in [0.15, 0.2) is 11.5 Å². The zero-order valence-corrected chi connectivity index (χ0v) is 24.5. The molecule has 10 nitrogen and oxygen atoms in total. The van der Waals surface area contributed by atoms with E-state index in [0.29, 0.717) is 39.0 Å². The van der Waals surface area contributed by atoms with Gasteiger partial charge in [0.25, 0.3) is 10.0 Å². The maximum Gasteiger partial charge on any atom is 0.264 e. The summed E-state index contributed by atoms with van der Waals surface area (Å²) in [6, 6.07) is 24.3. The minimum atomic E-state index is -3.99. The van der Waals surface area contributed by atoms with Gasteiger partial charge in [-0.2, -0.15) is 5.26 Å². The van der Waals surface area contributed by atoms with E-state index >= 15 is 0 Å². The van der Waals surface area contributed by atoms with E-state index < -0.39 is 21.8 Å². The Hall–Kier alpha value is -4.86. The molecule has 0 spiro atoms. The third kappa shape index (κ3) is 6.88. The number of rotatable bonds is 10. The third-order valence-corrected chi connectivity index (χ3v) is 8.35. The summed E-state index contributed by atoms with van der Waals surface area (Å²) in [6.07, 6.45) is 0. The molecule has 0 aliphatic rings. The SMILES string of the molecule is COc1cccc(-c2cc(-c3ccccc3)nc(SCC(=O)Nc3ccc(S(=O)(=O)NC(C)=O)cc3)c2C#N)c1OC. The van der Waals surface area contributed by atoms with Gasteiger partial charge in [-0.25, -0.2) is 18.1 Å². The Labute approximate surface area is 247 Å². The Morgan fingerprint density at radius 1 is 0.952 bits per heavy atom. The number of benzene rings is 3. The lowest BCUT2D eigenvalue weighted by Crippen LogP contribution is -2.28. The number of methoxy groups -OCH3 is 2. The van der Waals surface area contributed by atoms with Crippen molar-refractivity contribution in [1.29, 1.82) is 5.26 Å². The fourth-order valence-corrected chi connectivity index (χ4v) is 5.89. The highest BCUT2D eigenvalue weighted by Crippen LogP contribution is 2.42. The Balaban J connectivity index is 1.64. The van der Waals surface area contributed by atoms with Gasteiger partial charge >= 0.3 is 0 Å². The molecule has 2 amide bonds. The number of nitrogens with zero attached hydrogens (tertiary/aromatic N) is 2. The van der Waals surface area contributed by atoms with Crippen LogP contribution in [0.2, 0.25) is 0 Å². The Kier molecular flexibility index (Phi) is 9.46. The smallest absolute Gasteiger partial charge is 0.264 e. The first kappa shape index (κ1) is 30.1. The van der Waals surface area contributed by atoms with Crippen molar-refractivity contribution in [3.8, 4) is 40.0 Å². The summed E-state index contributed by atoms with van der Waals surface area (Å²) in [5.41, 5.74) is 3.26. The van der Waals surface area contributed by atoms with Gasteiger partial charge in [0, 0.05) is 29.3 Å². The summed E-state index contributed by atoms with van der Waals surface area (Å²) in [7, 11) is -0.940. The first-order valence-electron chi connectivity index (χ1n) is 12.4. The summed E-state index contributed by atoms with van der Waals surface area (Å²) < 4.78 is 37.3. The van der Waals surface area contributed by atoms with E-state index in [4.69, 9.17) is 14.5 Å². The number of para-hydroxylation sites is 1. The first-order chi connectivity index (χ1) is 20.2. The van der Waals surface area contributed by atoms with E-state index in [9.17, 15) is 23.3 Å². The maximum atomic E-state index is 12.9. The minimum absolute atomic E-state index is 0.0828.